The second kappa shape index (κ2) is 7.62. The molecule has 4 rings (SSSR count). The van der Waals surface area contributed by atoms with Crippen LogP contribution >= 0.6 is 0 Å². The molecule has 2 amide bonds. The highest BCUT2D eigenvalue weighted by Gasteiger charge is 2.45. The number of nitrogens with zero attached hydrogens (tertiary/aromatic N) is 2. The van der Waals surface area contributed by atoms with Crippen molar-refractivity contribution in [3.63, 3.8) is 0 Å². The van der Waals surface area contributed by atoms with E-state index in [4.69, 9.17) is 4.74 Å². The molecule has 2 heterocycles. The minimum atomic E-state index is -0.626. The molecule has 7 heteroatoms. The van der Waals surface area contributed by atoms with Gasteiger partial charge in [0.2, 0.25) is 5.91 Å². The van der Waals surface area contributed by atoms with Crippen LogP contribution in [0.15, 0.2) is 24.3 Å². The maximum absolute atomic E-state index is 13.6. The predicted molar refractivity (Wildman–Crippen MR) is 100 cm³/mol. The zero-order valence-corrected chi connectivity index (χ0v) is 15.9. The van der Waals surface area contributed by atoms with Crippen LogP contribution in [0.4, 0.5) is 10.1 Å². The quantitative estimate of drug-likeness (QED) is 0.780. The van der Waals surface area contributed by atoms with Gasteiger partial charge in [0.05, 0.1) is 13.1 Å². The Hall–Kier alpha value is -2.28. The number of anilines is 1. The molecule has 1 saturated carbocycles. The van der Waals surface area contributed by atoms with Gasteiger partial charge in [0.25, 0.3) is 5.91 Å². The van der Waals surface area contributed by atoms with Crippen LogP contribution in [0.1, 0.15) is 38.5 Å². The summed E-state index contributed by atoms with van der Waals surface area (Å²) in [6.45, 7) is 1.33. The Balaban J connectivity index is 1.48. The van der Waals surface area contributed by atoms with Gasteiger partial charge >= 0.3 is 0 Å². The molecule has 1 aliphatic carbocycles. The van der Waals surface area contributed by atoms with E-state index < -0.39 is 11.4 Å². The molecule has 1 aromatic carbocycles. The van der Waals surface area contributed by atoms with Crippen LogP contribution in [0.25, 0.3) is 0 Å². The van der Waals surface area contributed by atoms with Crippen LogP contribution in [0.2, 0.25) is 0 Å². The molecule has 3 aliphatic rings. The standard InChI is InChI=1S/C21H25FN2O4/c22-16-3-1-4-17(11-16)24-14-21(28-12-19(24)26)9-2-10-23(13-21)20(27)15-5-7-18(25)8-6-15/h1,3-4,11,15H,2,5-10,12-14H2. The molecule has 1 spiro atoms. The number of amides is 2. The van der Waals surface area contributed by atoms with Crippen molar-refractivity contribution in [3.05, 3.63) is 30.1 Å². The number of ether oxygens (including phenoxy) is 1. The Morgan fingerprint density at radius 3 is 2.71 bits per heavy atom. The highest BCUT2D eigenvalue weighted by Crippen LogP contribution is 2.33. The SMILES string of the molecule is O=C1CCC(C(=O)N2CCCC3(C2)CN(c2cccc(F)c2)C(=O)CO3)CC1. The van der Waals surface area contributed by atoms with Crippen molar-refractivity contribution in [1.82, 2.24) is 4.90 Å². The van der Waals surface area contributed by atoms with E-state index in [-0.39, 0.29) is 30.1 Å². The van der Waals surface area contributed by atoms with Gasteiger partial charge in [-0.1, -0.05) is 6.07 Å². The summed E-state index contributed by atoms with van der Waals surface area (Å²) in [4.78, 5) is 40.2. The number of likely N-dealkylation sites (tertiary alicyclic amines) is 1. The molecule has 2 aliphatic heterocycles. The van der Waals surface area contributed by atoms with Gasteiger partial charge < -0.3 is 14.5 Å². The first-order valence-electron chi connectivity index (χ1n) is 9.96. The Bertz CT molecular complexity index is 788. The van der Waals surface area contributed by atoms with Crippen molar-refractivity contribution in [2.24, 2.45) is 5.92 Å². The summed E-state index contributed by atoms with van der Waals surface area (Å²) in [5.74, 6) is -0.371. The van der Waals surface area contributed by atoms with Gasteiger partial charge in [-0.15, -0.1) is 0 Å². The smallest absolute Gasteiger partial charge is 0.253 e. The van der Waals surface area contributed by atoms with Crippen LogP contribution in [0.3, 0.4) is 0 Å². The van der Waals surface area contributed by atoms with Crippen molar-refractivity contribution in [3.8, 4) is 0 Å². The average molecular weight is 388 g/mol. The Morgan fingerprint density at radius 1 is 1.18 bits per heavy atom. The molecule has 6 nitrogen and oxygen atoms in total. The number of rotatable bonds is 2. The first-order valence-corrected chi connectivity index (χ1v) is 9.96. The third kappa shape index (κ3) is 3.81. The van der Waals surface area contributed by atoms with Crippen molar-refractivity contribution in [1.29, 1.82) is 0 Å². The summed E-state index contributed by atoms with van der Waals surface area (Å²) in [5.41, 5.74) is -0.111. The van der Waals surface area contributed by atoms with Gasteiger partial charge in [-0.25, -0.2) is 4.39 Å². The van der Waals surface area contributed by atoms with Gasteiger partial charge in [-0.3, -0.25) is 14.4 Å². The Kier molecular flexibility index (Phi) is 5.19. The van der Waals surface area contributed by atoms with E-state index in [1.165, 1.54) is 12.1 Å². The highest BCUT2D eigenvalue weighted by molar-refractivity contribution is 5.95. The molecule has 2 saturated heterocycles. The second-order valence-corrected chi connectivity index (χ2v) is 8.11. The zero-order valence-electron chi connectivity index (χ0n) is 15.9. The first kappa shape index (κ1) is 19.1. The van der Waals surface area contributed by atoms with E-state index in [1.807, 2.05) is 4.90 Å². The molecule has 0 aromatic heterocycles. The third-order valence-electron chi connectivity index (χ3n) is 6.11. The van der Waals surface area contributed by atoms with E-state index in [2.05, 4.69) is 0 Å². The summed E-state index contributed by atoms with van der Waals surface area (Å²) in [6.07, 6.45) is 3.74. The molecule has 3 fully saturated rings. The van der Waals surface area contributed by atoms with E-state index >= 15 is 0 Å². The molecule has 28 heavy (non-hydrogen) atoms. The van der Waals surface area contributed by atoms with Crippen molar-refractivity contribution in [2.75, 3.05) is 31.1 Å². The normalized spacial score (nSPS) is 26.8. The maximum atomic E-state index is 13.6. The third-order valence-corrected chi connectivity index (χ3v) is 6.11. The number of ketones is 1. The molecule has 1 atom stereocenters. The fourth-order valence-electron chi connectivity index (χ4n) is 4.57. The highest BCUT2D eigenvalue weighted by atomic mass is 19.1. The zero-order chi connectivity index (χ0) is 19.7. The number of hydrogen-bond donors (Lipinski definition) is 0. The Labute approximate surface area is 163 Å². The molecular formula is C21H25FN2O4. The van der Waals surface area contributed by atoms with Gasteiger partial charge in [0.1, 0.15) is 23.8 Å². The molecule has 1 aromatic rings. The number of Topliss-reactive ketones (excluding diaryl/α,β-unsaturated/α-hetero) is 1. The summed E-state index contributed by atoms with van der Waals surface area (Å²) >= 11 is 0. The Morgan fingerprint density at radius 2 is 1.96 bits per heavy atom. The number of benzene rings is 1. The fourth-order valence-corrected chi connectivity index (χ4v) is 4.57. The van der Waals surface area contributed by atoms with E-state index in [9.17, 15) is 18.8 Å². The number of piperidine rings is 1. The number of halogens is 1. The largest absolute Gasteiger partial charge is 0.361 e. The minimum Gasteiger partial charge on any atom is -0.361 e. The molecule has 0 N–H and O–H groups in total. The number of carbonyl (C=O) groups excluding carboxylic acids is 3. The van der Waals surface area contributed by atoms with Crippen molar-refractivity contribution >= 4 is 23.3 Å². The molecular weight excluding hydrogens is 363 g/mol. The topological polar surface area (TPSA) is 66.9 Å². The van der Waals surface area contributed by atoms with E-state index in [1.54, 1.807) is 17.0 Å². The van der Waals surface area contributed by atoms with Crippen molar-refractivity contribution in [2.45, 2.75) is 44.1 Å². The van der Waals surface area contributed by atoms with Crippen LogP contribution in [0, 0.1) is 11.7 Å². The van der Waals surface area contributed by atoms with Crippen LogP contribution in [-0.4, -0.2) is 54.3 Å². The number of carbonyl (C=O) groups is 3. The second-order valence-electron chi connectivity index (χ2n) is 8.11. The fraction of sp³-hybridized carbons (Fsp3) is 0.571. The van der Waals surface area contributed by atoms with Gasteiger partial charge in [0.15, 0.2) is 0 Å². The predicted octanol–water partition coefficient (Wildman–Crippen LogP) is 2.31. The minimum absolute atomic E-state index is 0.0729. The number of hydrogen-bond acceptors (Lipinski definition) is 4. The van der Waals surface area contributed by atoms with Gasteiger partial charge in [-0.05, 0) is 43.9 Å². The van der Waals surface area contributed by atoms with Gasteiger partial charge in [0, 0.05) is 31.0 Å². The van der Waals surface area contributed by atoms with Crippen LogP contribution in [-0.2, 0) is 19.1 Å². The maximum Gasteiger partial charge on any atom is 0.253 e. The van der Waals surface area contributed by atoms with Gasteiger partial charge in [-0.2, -0.15) is 0 Å². The van der Waals surface area contributed by atoms with Crippen molar-refractivity contribution < 1.29 is 23.5 Å². The van der Waals surface area contributed by atoms with E-state index in [0.717, 1.165) is 12.8 Å². The monoisotopic (exact) mass is 388 g/mol. The summed E-state index contributed by atoms with van der Waals surface area (Å²) in [6, 6.07) is 5.99. The van der Waals surface area contributed by atoms with E-state index in [0.29, 0.717) is 51.0 Å². The molecule has 150 valence electrons. The lowest BCUT2D eigenvalue weighted by Crippen LogP contribution is -2.62. The average Bonchev–Trinajstić information content (AvgIpc) is 2.70. The lowest BCUT2D eigenvalue weighted by Gasteiger charge is -2.48. The molecule has 0 bridgehead atoms. The lowest BCUT2D eigenvalue weighted by atomic mass is 9.85. The van der Waals surface area contributed by atoms with Crippen LogP contribution in [0.5, 0.6) is 0 Å². The summed E-state index contributed by atoms with van der Waals surface area (Å²) < 4.78 is 19.6. The molecule has 0 radical (unpaired) electrons. The summed E-state index contributed by atoms with van der Waals surface area (Å²) in [5, 5.41) is 0. The first-order chi connectivity index (χ1) is 13.5. The molecule has 1 unspecified atom stereocenters. The lowest BCUT2D eigenvalue weighted by molar-refractivity contribution is -0.156. The number of morpholine rings is 1. The van der Waals surface area contributed by atoms with Crippen LogP contribution < -0.4 is 4.90 Å². The summed E-state index contributed by atoms with van der Waals surface area (Å²) in [7, 11) is 0.